The molecule has 108 valence electrons. The van der Waals surface area contributed by atoms with Gasteiger partial charge in [0.05, 0.1) is 0 Å². The summed E-state index contributed by atoms with van der Waals surface area (Å²) < 4.78 is 19.2. The Morgan fingerprint density at radius 2 is 2.15 bits per heavy atom. The number of ether oxygens (including phenoxy) is 1. The van der Waals surface area contributed by atoms with Crippen molar-refractivity contribution in [1.29, 1.82) is 0 Å². The molecule has 1 aromatic carbocycles. The van der Waals surface area contributed by atoms with Crippen molar-refractivity contribution in [3.63, 3.8) is 0 Å². The van der Waals surface area contributed by atoms with Crippen molar-refractivity contribution in [2.45, 2.75) is 39.8 Å². The molecule has 5 heteroatoms. The highest BCUT2D eigenvalue weighted by atomic mass is 19.1. The van der Waals surface area contributed by atoms with Crippen LogP contribution in [0.1, 0.15) is 31.9 Å². The monoisotopic (exact) mass is 278 g/mol. The Balaban J connectivity index is 2.16. The zero-order valence-corrected chi connectivity index (χ0v) is 12.1. The maximum absolute atomic E-state index is 14.0. The van der Waals surface area contributed by atoms with Gasteiger partial charge >= 0.3 is 6.09 Å². The largest absolute Gasteiger partial charge is 0.444 e. The summed E-state index contributed by atoms with van der Waals surface area (Å²) in [6.45, 7) is 7.29. The normalized spacial score (nSPS) is 11.7. The number of aromatic nitrogens is 1. The predicted molar refractivity (Wildman–Crippen MR) is 76.1 cm³/mol. The average Bonchev–Trinajstić information content (AvgIpc) is 2.74. The lowest BCUT2D eigenvalue weighted by Crippen LogP contribution is -2.32. The first kappa shape index (κ1) is 14.4. The molecule has 1 aromatic heterocycles. The van der Waals surface area contributed by atoms with Crippen molar-refractivity contribution in [3.8, 4) is 0 Å². The number of halogens is 1. The van der Waals surface area contributed by atoms with Crippen molar-refractivity contribution in [2.24, 2.45) is 0 Å². The van der Waals surface area contributed by atoms with Crippen LogP contribution < -0.4 is 5.32 Å². The van der Waals surface area contributed by atoms with Gasteiger partial charge in [-0.05, 0) is 45.4 Å². The van der Waals surface area contributed by atoms with Gasteiger partial charge in [-0.25, -0.2) is 9.18 Å². The zero-order valence-electron chi connectivity index (χ0n) is 12.1. The van der Waals surface area contributed by atoms with Crippen LogP contribution in [-0.4, -0.2) is 16.7 Å². The van der Waals surface area contributed by atoms with Gasteiger partial charge in [-0.1, -0.05) is 0 Å². The summed E-state index contributed by atoms with van der Waals surface area (Å²) in [4.78, 5) is 14.6. The Morgan fingerprint density at radius 3 is 2.80 bits per heavy atom. The Bertz CT molecular complexity index is 641. The molecule has 2 N–H and O–H groups in total. The van der Waals surface area contributed by atoms with Crippen LogP contribution in [0.25, 0.3) is 10.9 Å². The first-order valence-corrected chi connectivity index (χ1v) is 6.50. The van der Waals surface area contributed by atoms with Crippen molar-refractivity contribution in [3.05, 3.63) is 35.3 Å². The molecule has 0 bridgehead atoms. The van der Waals surface area contributed by atoms with Crippen LogP contribution in [0.3, 0.4) is 0 Å². The third-order valence-corrected chi connectivity index (χ3v) is 3.00. The van der Waals surface area contributed by atoms with Gasteiger partial charge in [-0.2, -0.15) is 0 Å². The van der Waals surface area contributed by atoms with E-state index >= 15 is 0 Å². The van der Waals surface area contributed by atoms with E-state index in [1.165, 1.54) is 6.07 Å². The summed E-state index contributed by atoms with van der Waals surface area (Å²) in [7, 11) is 0. The SMILES string of the molecule is Cc1c(CNC(=O)OC(C)(C)C)c(F)cc2[nH]ccc12. The number of H-pyrrole nitrogens is 1. The minimum Gasteiger partial charge on any atom is -0.444 e. The number of aromatic amines is 1. The fourth-order valence-corrected chi connectivity index (χ4v) is 2.08. The zero-order chi connectivity index (χ0) is 14.9. The van der Waals surface area contributed by atoms with Gasteiger partial charge in [0.1, 0.15) is 11.4 Å². The molecule has 0 fully saturated rings. The lowest BCUT2D eigenvalue weighted by atomic mass is 10.0. The van der Waals surface area contributed by atoms with Crippen molar-refractivity contribution >= 4 is 17.0 Å². The number of amides is 1. The highest BCUT2D eigenvalue weighted by Gasteiger charge is 2.17. The fourth-order valence-electron chi connectivity index (χ4n) is 2.08. The van der Waals surface area contributed by atoms with Gasteiger partial charge in [0, 0.05) is 29.2 Å². The molecule has 1 heterocycles. The fraction of sp³-hybridized carbons (Fsp3) is 0.400. The number of hydrogen-bond donors (Lipinski definition) is 2. The third kappa shape index (κ3) is 3.10. The van der Waals surface area contributed by atoms with Gasteiger partial charge in [0.15, 0.2) is 0 Å². The smallest absolute Gasteiger partial charge is 0.407 e. The molecule has 0 atom stereocenters. The van der Waals surface area contributed by atoms with Crippen molar-refractivity contribution in [2.75, 3.05) is 0 Å². The van der Waals surface area contributed by atoms with Crippen LogP contribution in [0.15, 0.2) is 18.3 Å². The summed E-state index contributed by atoms with van der Waals surface area (Å²) in [5.74, 6) is -0.339. The van der Waals surface area contributed by atoms with E-state index in [0.29, 0.717) is 5.56 Å². The topological polar surface area (TPSA) is 54.1 Å². The molecule has 4 nitrogen and oxygen atoms in total. The maximum Gasteiger partial charge on any atom is 0.407 e. The van der Waals surface area contributed by atoms with Gasteiger partial charge in [-0.15, -0.1) is 0 Å². The van der Waals surface area contributed by atoms with Crippen molar-refractivity contribution < 1.29 is 13.9 Å². The van der Waals surface area contributed by atoms with E-state index in [2.05, 4.69) is 10.3 Å². The van der Waals surface area contributed by atoms with Crippen LogP contribution in [0.5, 0.6) is 0 Å². The van der Waals surface area contributed by atoms with Crippen LogP contribution in [-0.2, 0) is 11.3 Å². The Labute approximate surface area is 117 Å². The number of benzene rings is 1. The average molecular weight is 278 g/mol. The molecule has 0 aliphatic heterocycles. The second-order valence-corrected chi connectivity index (χ2v) is 5.76. The minimum atomic E-state index is -0.567. The molecular weight excluding hydrogens is 259 g/mol. The van der Waals surface area contributed by atoms with Crippen LogP contribution in [0, 0.1) is 12.7 Å². The number of carbonyl (C=O) groups excluding carboxylic acids is 1. The van der Waals surface area contributed by atoms with E-state index in [4.69, 9.17) is 4.74 Å². The summed E-state index contributed by atoms with van der Waals surface area (Å²) in [5.41, 5.74) is 1.48. The maximum atomic E-state index is 14.0. The number of carbonyl (C=O) groups is 1. The van der Waals surface area contributed by atoms with Crippen LogP contribution in [0.4, 0.5) is 9.18 Å². The summed E-state index contributed by atoms with van der Waals surface area (Å²) in [5, 5.41) is 3.53. The van der Waals surface area contributed by atoms with E-state index in [9.17, 15) is 9.18 Å². The first-order valence-electron chi connectivity index (χ1n) is 6.50. The van der Waals surface area contributed by atoms with Gasteiger partial charge < -0.3 is 15.0 Å². The van der Waals surface area contributed by atoms with Gasteiger partial charge in [-0.3, -0.25) is 0 Å². The molecule has 0 aliphatic carbocycles. The standard InChI is InChI=1S/C15H19FN2O2/c1-9-10-5-6-17-13(10)7-12(16)11(9)8-18-14(19)20-15(2,3)4/h5-7,17H,8H2,1-4H3,(H,18,19). The third-order valence-electron chi connectivity index (χ3n) is 3.00. The highest BCUT2D eigenvalue weighted by Crippen LogP contribution is 2.23. The molecule has 20 heavy (non-hydrogen) atoms. The number of rotatable bonds is 2. The quantitative estimate of drug-likeness (QED) is 0.881. The molecule has 0 radical (unpaired) electrons. The molecule has 0 aliphatic rings. The Morgan fingerprint density at radius 1 is 1.45 bits per heavy atom. The lowest BCUT2D eigenvalue weighted by Gasteiger charge is -2.20. The molecule has 1 amide bonds. The van der Waals surface area contributed by atoms with E-state index in [-0.39, 0.29) is 12.4 Å². The molecule has 0 unspecified atom stereocenters. The predicted octanol–water partition coefficient (Wildman–Crippen LogP) is 3.64. The van der Waals surface area contributed by atoms with Gasteiger partial charge in [0.2, 0.25) is 0 Å². The second kappa shape index (κ2) is 5.15. The van der Waals surface area contributed by atoms with Crippen LogP contribution >= 0.6 is 0 Å². The van der Waals surface area contributed by atoms with E-state index in [1.54, 1.807) is 27.0 Å². The van der Waals surface area contributed by atoms with Crippen LogP contribution in [0.2, 0.25) is 0 Å². The highest BCUT2D eigenvalue weighted by molar-refractivity contribution is 5.84. The number of hydrogen-bond acceptors (Lipinski definition) is 2. The Kier molecular flexibility index (Phi) is 3.70. The molecule has 0 saturated carbocycles. The molecule has 0 saturated heterocycles. The van der Waals surface area contributed by atoms with E-state index in [1.807, 2.05) is 13.0 Å². The number of alkyl carbamates (subject to hydrolysis) is 1. The number of nitrogens with one attached hydrogen (secondary N) is 2. The molecular formula is C15H19FN2O2. The molecule has 0 spiro atoms. The lowest BCUT2D eigenvalue weighted by molar-refractivity contribution is 0.0523. The second-order valence-electron chi connectivity index (χ2n) is 5.76. The molecule has 2 aromatic rings. The summed E-state index contributed by atoms with van der Waals surface area (Å²) in [6.07, 6.45) is 1.22. The first-order chi connectivity index (χ1) is 9.28. The number of fused-ring (bicyclic) bond motifs is 1. The number of aryl methyl sites for hydroxylation is 1. The van der Waals surface area contributed by atoms with E-state index < -0.39 is 11.7 Å². The summed E-state index contributed by atoms with van der Waals surface area (Å²) in [6, 6.07) is 3.33. The Hall–Kier alpha value is -2.04. The minimum absolute atomic E-state index is 0.105. The van der Waals surface area contributed by atoms with E-state index in [0.717, 1.165) is 16.5 Å². The van der Waals surface area contributed by atoms with Gasteiger partial charge in [0.25, 0.3) is 0 Å². The van der Waals surface area contributed by atoms with Crippen molar-refractivity contribution in [1.82, 2.24) is 10.3 Å². The molecule has 2 rings (SSSR count). The summed E-state index contributed by atoms with van der Waals surface area (Å²) >= 11 is 0.